The van der Waals surface area contributed by atoms with E-state index < -0.39 is 0 Å². The molecule has 0 unspecified atom stereocenters. The molecule has 0 fully saturated rings. The van der Waals surface area contributed by atoms with Gasteiger partial charge in [-0.2, -0.15) is 4.99 Å². The maximum Gasteiger partial charge on any atom is 0.279 e. The van der Waals surface area contributed by atoms with Crippen LogP contribution in [0.1, 0.15) is 42.6 Å². The number of benzene rings is 2. The standard InChI is InChI=1S/C20H22N2OS2/c1-5-22-17-10-9-14(13(2)3)12-18(17)25-20(22)21-19(23)15-7-6-8-16(11-15)24-4/h6-13H,5H2,1-4H3. The molecule has 3 nitrogen and oxygen atoms in total. The third-order valence-electron chi connectivity index (χ3n) is 4.20. The van der Waals surface area contributed by atoms with Gasteiger partial charge in [0.25, 0.3) is 5.91 Å². The van der Waals surface area contributed by atoms with Crippen LogP contribution in [0.5, 0.6) is 0 Å². The summed E-state index contributed by atoms with van der Waals surface area (Å²) in [6, 6.07) is 14.2. The molecule has 0 saturated carbocycles. The zero-order chi connectivity index (χ0) is 18.0. The predicted molar refractivity (Wildman–Crippen MR) is 108 cm³/mol. The van der Waals surface area contributed by atoms with Crippen molar-refractivity contribution in [2.45, 2.75) is 38.1 Å². The van der Waals surface area contributed by atoms with E-state index in [9.17, 15) is 4.79 Å². The number of amides is 1. The normalized spacial score (nSPS) is 12.3. The Morgan fingerprint density at radius 1 is 1.24 bits per heavy atom. The van der Waals surface area contributed by atoms with Gasteiger partial charge in [0.15, 0.2) is 4.80 Å². The van der Waals surface area contributed by atoms with Crippen LogP contribution < -0.4 is 4.80 Å². The van der Waals surface area contributed by atoms with Crippen LogP contribution >= 0.6 is 23.1 Å². The van der Waals surface area contributed by atoms with Crippen molar-refractivity contribution in [3.63, 3.8) is 0 Å². The molecule has 3 rings (SSSR count). The summed E-state index contributed by atoms with van der Waals surface area (Å²) in [6.07, 6.45) is 2.00. The average molecular weight is 371 g/mol. The number of hydrogen-bond acceptors (Lipinski definition) is 3. The SMILES string of the molecule is CCn1c(=NC(=O)c2cccc(SC)c2)sc2cc(C(C)C)ccc21. The fourth-order valence-corrected chi connectivity index (χ4v) is 4.35. The number of hydrogen-bond donors (Lipinski definition) is 0. The quantitative estimate of drug-likeness (QED) is 0.583. The summed E-state index contributed by atoms with van der Waals surface area (Å²) in [7, 11) is 0. The number of carbonyl (C=O) groups excluding carboxylic acids is 1. The predicted octanol–water partition coefficient (Wildman–Crippen LogP) is 5.31. The Morgan fingerprint density at radius 2 is 2.04 bits per heavy atom. The van der Waals surface area contributed by atoms with Crippen molar-refractivity contribution >= 4 is 39.2 Å². The maximum absolute atomic E-state index is 12.6. The van der Waals surface area contributed by atoms with Crippen molar-refractivity contribution in [2.75, 3.05) is 6.26 Å². The number of carbonyl (C=O) groups is 1. The van der Waals surface area contributed by atoms with Gasteiger partial charge in [0.05, 0.1) is 10.2 Å². The lowest BCUT2D eigenvalue weighted by atomic mass is 10.0. The highest BCUT2D eigenvalue weighted by molar-refractivity contribution is 7.98. The molecule has 1 heterocycles. The minimum atomic E-state index is -0.186. The van der Waals surface area contributed by atoms with Crippen LogP contribution in [-0.2, 0) is 6.54 Å². The van der Waals surface area contributed by atoms with Crippen LogP contribution in [0, 0.1) is 0 Å². The summed E-state index contributed by atoms with van der Waals surface area (Å²) < 4.78 is 3.29. The van der Waals surface area contributed by atoms with Crippen LogP contribution in [0.3, 0.4) is 0 Å². The molecule has 5 heteroatoms. The molecule has 3 aromatic rings. The lowest BCUT2D eigenvalue weighted by Gasteiger charge is -2.05. The third kappa shape index (κ3) is 3.72. The van der Waals surface area contributed by atoms with Crippen LogP contribution in [0.4, 0.5) is 0 Å². The number of rotatable bonds is 4. The molecule has 130 valence electrons. The van der Waals surface area contributed by atoms with E-state index in [1.54, 1.807) is 23.1 Å². The fraction of sp³-hybridized carbons (Fsp3) is 0.300. The maximum atomic E-state index is 12.6. The Morgan fingerprint density at radius 3 is 2.72 bits per heavy atom. The number of aromatic nitrogens is 1. The van der Waals surface area contributed by atoms with Gasteiger partial charge in [-0.05, 0) is 55.0 Å². The molecule has 1 aromatic heterocycles. The summed E-state index contributed by atoms with van der Waals surface area (Å²) in [5.74, 6) is 0.298. The van der Waals surface area contributed by atoms with Crippen LogP contribution in [0.15, 0.2) is 52.4 Å². The Bertz CT molecular complexity index is 983. The second kappa shape index (κ2) is 7.58. The van der Waals surface area contributed by atoms with E-state index in [4.69, 9.17) is 0 Å². The summed E-state index contributed by atoms with van der Waals surface area (Å²) >= 11 is 3.21. The Kier molecular flexibility index (Phi) is 5.45. The number of nitrogens with zero attached hydrogens (tertiary/aromatic N) is 2. The van der Waals surface area contributed by atoms with Crippen molar-refractivity contribution in [2.24, 2.45) is 4.99 Å². The van der Waals surface area contributed by atoms with Gasteiger partial charge < -0.3 is 4.57 Å². The molecule has 2 aromatic carbocycles. The van der Waals surface area contributed by atoms with E-state index in [-0.39, 0.29) is 5.91 Å². The zero-order valence-corrected chi connectivity index (χ0v) is 16.6. The van der Waals surface area contributed by atoms with E-state index in [1.165, 1.54) is 10.3 Å². The highest BCUT2D eigenvalue weighted by atomic mass is 32.2. The van der Waals surface area contributed by atoms with Gasteiger partial charge in [0.2, 0.25) is 0 Å². The van der Waals surface area contributed by atoms with Crippen molar-refractivity contribution < 1.29 is 4.79 Å². The molecule has 0 bridgehead atoms. The van der Waals surface area contributed by atoms with Gasteiger partial charge in [-0.25, -0.2) is 0 Å². The third-order valence-corrected chi connectivity index (χ3v) is 5.97. The van der Waals surface area contributed by atoms with Crippen molar-refractivity contribution in [3.05, 3.63) is 58.4 Å². The summed E-state index contributed by atoms with van der Waals surface area (Å²) in [6.45, 7) is 7.25. The molecule has 0 spiro atoms. The minimum Gasteiger partial charge on any atom is -0.317 e. The molecular weight excluding hydrogens is 348 g/mol. The Hall–Kier alpha value is -1.85. The first-order valence-corrected chi connectivity index (χ1v) is 10.4. The highest BCUT2D eigenvalue weighted by Gasteiger charge is 2.10. The second-order valence-electron chi connectivity index (χ2n) is 6.16. The molecular formula is C20H22N2OS2. The van der Waals surface area contributed by atoms with Gasteiger partial charge in [-0.1, -0.05) is 37.3 Å². The highest BCUT2D eigenvalue weighted by Crippen LogP contribution is 2.23. The minimum absolute atomic E-state index is 0.186. The van der Waals surface area contributed by atoms with Gasteiger partial charge in [0.1, 0.15) is 0 Å². The molecule has 1 amide bonds. The summed E-state index contributed by atoms with van der Waals surface area (Å²) in [4.78, 5) is 18.9. The molecule has 0 N–H and O–H groups in total. The van der Waals surface area contributed by atoms with E-state index in [0.717, 1.165) is 21.8 Å². The molecule has 0 aliphatic carbocycles. The molecule has 0 atom stereocenters. The van der Waals surface area contributed by atoms with E-state index in [0.29, 0.717) is 11.5 Å². The smallest absolute Gasteiger partial charge is 0.279 e. The topological polar surface area (TPSA) is 34.4 Å². The average Bonchev–Trinajstić information content (AvgIpc) is 2.97. The molecule has 25 heavy (non-hydrogen) atoms. The summed E-state index contributed by atoms with van der Waals surface area (Å²) in [5, 5.41) is 0. The number of fused-ring (bicyclic) bond motifs is 1. The van der Waals surface area contributed by atoms with Crippen molar-refractivity contribution in [1.82, 2.24) is 4.57 Å². The monoisotopic (exact) mass is 370 g/mol. The second-order valence-corrected chi connectivity index (χ2v) is 8.05. The Labute approximate surface area is 156 Å². The van der Waals surface area contributed by atoms with Gasteiger partial charge in [0, 0.05) is 17.0 Å². The molecule has 0 saturated heterocycles. The van der Waals surface area contributed by atoms with E-state index in [2.05, 4.69) is 48.5 Å². The van der Waals surface area contributed by atoms with Crippen molar-refractivity contribution in [3.8, 4) is 0 Å². The zero-order valence-electron chi connectivity index (χ0n) is 14.9. The van der Waals surface area contributed by atoms with Gasteiger partial charge in [-0.3, -0.25) is 4.79 Å². The lowest BCUT2D eigenvalue weighted by Crippen LogP contribution is -2.15. The number of thiazole rings is 1. The summed E-state index contributed by atoms with van der Waals surface area (Å²) in [5.41, 5.74) is 3.08. The first-order chi connectivity index (χ1) is 12.0. The Balaban J connectivity index is 2.10. The molecule has 0 aliphatic heterocycles. The largest absolute Gasteiger partial charge is 0.317 e. The first kappa shape index (κ1) is 18.0. The van der Waals surface area contributed by atoms with E-state index >= 15 is 0 Å². The first-order valence-electron chi connectivity index (χ1n) is 8.40. The van der Waals surface area contributed by atoms with Gasteiger partial charge in [-0.15, -0.1) is 11.8 Å². The fourth-order valence-electron chi connectivity index (χ4n) is 2.75. The number of aryl methyl sites for hydroxylation is 1. The number of thioether (sulfide) groups is 1. The van der Waals surface area contributed by atoms with Gasteiger partial charge >= 0.3 is 0 Å². The van der Waals surface area contributed by atoms with Crippen molar-refractivity contribution in [1.29, 1.82) is 0 Å². The molecule has 0 aliphatic rings. The molecule has 0 radical (unpaired) electrons. The van der Waals surface area contributed by atoms with Crippen LogP contribution in [0.2, 0.25) is 0 Å². The lowest BCUT2D eigenvalue weighted by molar-refractivity contribution is 0.0997. The van der Waals surface area contributed by atoms with E-state index in [1.807, 2.05) is 30.5 Å². The van der Waals surface area contributed by atoms with Crippen LogP contribution in [-0.4, -0.2) is 16.7 Å². The van der Waals surface area contributed by atoms with Crippen LogP contribution in [0.25, 0.3) is 10.2 Å².